The van der Waals surface area contributed by atoms with Crippen molar-refractivity contribution >= 4 is 10.0 Å². The van der Waals surface area contributed by atoms with Crippen LogP contribution in [0.25, 0.3) is 0 Å². The van der Waals surface area contributed by atoms with E-state index in [-0.39, 0.29) is 7.18 Å². The van der Waals surface area contributed by atoms with Crippen molar-refractivity contribution in [2.75, 3.05) is 38.5 Å². The van der Waals surface area contributed by atoms with Crippen molar-refractivity contribution in [3.05, 3.63) is 0 Å². The third-order valence-electron chi connectivity index (χ3n) is 6.04. The Morgan fingerprint density at radius 1 is 1.12 bits per heavy atom. The van der Waals surface area contributed by atoms with Crippen molar-refractivity contribution in [1.29, 1.82) is 0 Å². The quantitative estimate of drug-likeness (QED) is 0.628. The Kier molecular flexibility index (Phi) is 8.65. The minimum Gasteiger partial charge on any atom is -0.377 e. The summed E-state index contributed by atoms with van der Waals surface area (Å²) in [7, 11) is -3.09. The second-order valence-electron chi connectivity index (χ2n) is 8.19. The summed E-state index contributed by atoms with van der Waals surface area (Å²) in [5.74, 6) is 2.70. The highest BCUT2D eigenvalue weighted by Gasteiger charge is 2.26. The number of nitrogens with zero attached hydrogens (tertiary/aromatic N) is 1. The van der Waals surface area contributed by atoms with Crippen molar-refractivity contribution in [2.24, 2.45) is 17.8 Å². The van der Waals surface area contributed by atoms with Crippen LogP contribution in [0.2, 0.25) is 0 Å². The Labute approximate surface area is 156 Å². The molecule has 0 unspecified atom stereocenters. The van der Waals surface area contributed by atoms with E-state index < -0.39 is 10.0 Å². The number of ether oxygens (including phenoxy) is 1. The van der Waals surface area contributed by atoms with Gasteiger partial charge in [0.15, 0.2) is 0 Å². The third-order valence-corrected chi connectivity index (χ3v) is 7.45. The number of rotatable bonds is 9. The SMILES string of the molecule is CCS(=O)(=O)NCCOC1CCC(CN2CCC(C(C)C)CC2)CC1.[HH]. The van der Waals surface area contributed by atoms with Crippen LogP contribution in [0.5, 0.6) is 0 Å². The van der Waals surface area contributed by atoms with E-state index in [9.17, 15) is 8.42 Å². The number of piperidine rings is 1. The zero-order chi connectivity index (χ0) is 18.3. The van der Waals surface area contributed by atoms with E-state index in [1.54, 1.807) is 6.92 Å². The fourth-order valence-electron chi connectivity index (χ4n) is 4.17. The molecule has 0 bridgehead atoms. The molecule has 1 saturated carbocycles. The smallest absolute Gasteiger partial charge is 0.211 e. The van der Waals surface area contributed by atoms with Gasteiger partial charge in [-0.3, -0.25) is 0 Å². The van der Waals surface area contributed by atoms with Crippen LogP contribution in [0.3, 0.4) is 0 Å². The van der Waals surface area contributed by atoms with Gasteiger partial charge >= 0.3 is 0 Å². The van der Waals surface area contributed by atoms with Gasteiger partial charge in [0.2, 0.25) is 10.0 Å². The zero-order valence-corrected chi connectivity index (χ0v) is 17.2. The number of hydrogen-bond donors (Lipinski definition) is 1. The van der Waals surface area contributed by atoms with Crippen LogP contribution in [0.4, 0.5) is 0 Å². The molecule has 1 aliphatic heterocycles. The second-order valence-corrected chi connectivity index (χ2v) is 10.3. The average molecular weight is 377 g/mol. The standard InChI is InChI=1S/C19H38N2O3S.H2/c1-4-25(22,23)20-11-14-24-19-7-5-17(6-8-19)15-21-12-9-18(10-13-21)16(2)3;/h16-20H,4-15H2,1-3H3;1H. The lowest BCUT2D eigenvalue weighted by Crippen LogP contribution is -2.39. The van der Waals surface area contributed by atoms with Gasteiger partial charge in [0, 0.05) is 14.5 Å². The summed E-state index contributed by atoms with van der Waals surface area (Å²) in [6.45, 7) is 11.0. The zero-order valence-electron chi connectivity index (χ0n) is 16.4. The number of nitrogens with one attached hydrogen (secondary N) is 1. The molecule has 0 amide bonds. The summed E-state index contributed by atoms with van der Waals surface area (Å²) in [5.41, 5.74) is 0. The van der Waals surface area contributed by atoms with Gasteiger partial charge < -0.3 is 9.64 Å². The van der Waals surface area contributed by atoms with Crippen LogP contribution in [-0.4, -0.2) is 58.0 Å². The van der Waals surface area contributed by atoms with E-state index in [2.05, 4.69) is 23.5 Å². The summed E-state index contributed by atoms with van der Waals surface area (Å²) in [6, 6.07) is 0. The first-order chi connectivity index (χ1) is 11.9. The van der Waals surface area contributed by atoms with Crippen LogP contribution in [0.15, 0.2) is 0 Å². The van der Waals surface area contributed by atoms with Crippen LogP contribution in [-0.2, 0) is 14.8 Å². The lowest BCUT2D eigenvalue weighted by Gasteiger charge is -2.37. The molecule has 1 saturated heterocycles. The molecule has 0 radical (unpaired) electrons. The summed E-state index contributed by atoms with van der Waals surface area (Å²) >= 11 is 0. The van der Waals surface area contributed by atoms with E-state index in [1.165, 1.54) is 45.3 Å². The Morgan fingerprint density at radius 2 is 1.76 bits per heavy atom. The highest BCUT2D eigenvalue weighted by Crippen LogP contribution is 2.29. The van der Waals surface area contributed by atoms with E-state index in [4.69, 9.17) is 4.74 Å². The predicted molar refractivity (Wildman–Crippen MR) is 105 cm³/mol. The Bertz CT molecular complexity index is 471. The molecule has 1 N–H and O–H groups in total. The Morgan fingerprint density at radius 3 is 2.32 bits per heavy atom. The molecule has 0 spiro atoms. The molecule has 2 fully saturated rings. The van der Waals surface area contributed by atoms with Crippen molar-refractivity contribution in [3.8, 4) is 0 Å². The molecular weight excluding hydrogens is 336 g/mol. The molecule has 2 aliphatic rings. The van der Waals surface area contributed by atoms with Gasteiger partial charge in [-0.25, -0.2) is 13.1 Å². The first-order valence-corrected chi connectivity index (χ1v) is 11.9. The normalized spacial score (nSPS) is 27.0. The molecule has 0 atom stereocenters. The maximum absolute atomic E-state index is 11.4. The van der Waals surface area contributed by atoms with Gasteiger partial charge in [-0.15, -0.1) is 0 Å². The molecule has 6 heteroatoms. The summed E-state index contributed by atoms with van der Waals surface area (Å²) in [4.78, 5) is 2.67. The highest BCUT2D eigenvalue weighted by atomic mass is 32.2. The second kappa shape index (κ2) is 10.2. The van der Waals surface area contributed by atoms with E-state index >= 15 is 0 Å². The molecule has 0 aromatic heterocycles. The molecule has 0 aromatic carbocycles. The lowest BCUT2D eigenvalue weighted by atomic mass is 9.84. The molecule has 1 aliphatic carbocycles. The molecule has 1 heterocycles. The topological polar surface area (TPSA) is 58.6 Å². The van der Waals surface area contributed by atoms with Gasteiger partial charge in [-0.05, 0) is 76.3 Å². The number of likely N-dealkylation sites (tertiary alicyclic amines) is 1. The maximum Gasteiger partial charge on any atom is 0.211 e. The third kappa shape index (κ3) is 7.53. The Balaban J connectivity index is 0.00000338. The Hall–Kier alpha value is -0.170. The predicted octanol–water partition coefficient (Wildman–Crippen LogP) is 3.12. The van der Waals surface area contributed by atoms with Crippen LogP contribution >= 0.6 is 0 Å². The first-order valence-electron chi connectivity index (χ1n) is 10.2. The van der Waals surface area contributed by atoms with Crippen LogP contribution in [0, 0.1) is 17.8 Å². The maximum atomic E-state index is 11.4. The van der Waals surface area contributed by atoms with Gasteiger partial charge in [0.25, 0.3) is 0 Å². The van der Waals surface area contributed by atoms with Crippen LogP contribution < -0.4 is 4.72 Å². The van der Waals surface area contributed by atoms with Crippen LogP contribution in [0.1, 0.15) is 60.7 Å². The van der Waals surface area contributed by atoms with Crippen molar-refractivity contribution in [3.63, 3.8) is 0 Å². The highest BCUT2D eigenvalue weighted by molar-refractivity contribution is 7.89. The summed E-state index contributed by atoms with van der Waals surface area (Å²) < 4.78 is 31.2. The lowest BCUT2D eigenvalue weighted by molar-refractivity contribution is 0.0150. The minimum atomic E-state index is -3.09. The fraction of sp³-hybridized carbons (Fsp3) is 1.00. The van der Waals surface area contributed by atoms with E-state index in [0.717, 1.165) is 30.6 Å². The van der Waals surface area contributed by atoms with Gasteiger partial charge in [0.1, 0.15) is 0 Å². The van der Waals surface area contributed by atoms with Crippen molar-refractivity contribution < 1.29 is 14.6 Å². The fourth-order valence-corrected chi connectivity index (χ4v) is 4.77. The first kappa shape index (κ1) is 21.1. The number of sulfonamides is 1. The monoisotopic (exact) mass is 376 g/mol. The van der Waals surface area contributed by atoms with E-state index in [0.29, 0.717) is 19.3 Å². The summed E-state index contributed by atoms with van der Waals surface area (Å²) in [5, 5.41) is 0. The molecular formula is C19H40N2O3S. The van der Waals surface area contributed by atoms with Crippen molar-refractivity contribution in [1.82, 2.24) is 9.62 Å². The largest absolute Gasteiger partial charge is 0.377 e. The molecule has 5 nitrogen and oxygen atoms in total. The van der Waals surface area contributed by atoms with Gasteiger partial charge in [-0.1, -0.05) is 13.8 Å². The average Bonchev–Trinajstić information content (AvgIpc) is 2.60. The van der Waals surface area contributed by atoms with Crippen molar-refractivity contribution in [2.45, 2.75) is 65.4 Å². The summed E-state index contributed by atoms with van der Waals surface area (Å²) in [6.07, 6.45) is 7.77. The molecule has 0 aromatic rings. The minimum absolute atomic E-state index is 0. The number of hydrogen-bond acceptors (Lipinski definition) is 4. The molecule has 2 rings (SSSR count). The van der Waals surface area contributed by atoms with E-state index in [1.807, 2.05) is 0 Å². The van der Waals surface area contributed by atoms with Gasteiger partial charge in [0.05, 0.1) is 18.5 Å². The molecule has 150 valence electrons. The molecule has 25 heavy (non-hydrogen) atoms. The van der Waals surface area contributed by atoms with Gasteiger partial charge in [-0.2, -0.15) is 0 Å².